The van der Waals surface area contributed by atoms with Crippen LogP contribution < -0.4 is 4.90 Å². The largest absolute Gasteiger partial charge is 0.444 e. The molecule has 1 fully saturated rings. The van der Waals surface area contributed by atoms with Gasteiger partial charge in [-0.05, 0) is 39.0 Å². The highest BCUT2D eigenvalue weighted by Gasteiger charge is 2.32. The third-order valence-corrected chi connectivity index (χ3v) is 3.93. The lowest BCUT2D eigenvalue weighted by molar-refractivity contribution is -0.137. The lowest BCUT2D eigenvalue weighted by Crippen LogP contribution is -2.50. The molecule has 0 aliphatic carbocycles. The first-order valence-electron chi connectivity index (χ1n) is 7.60. The third-order valence-electron chi connectivity index (χ3n) is 3.57. The normalized spacial score (nSPS) is 16.3. The van der Waals surface area contributed by atoms with Gasteiger partial charge in [0.05, 0.1) is 11.3 Å². The zero-order valence-electron chi connectivity index (χ0n) is 13.9. The van der Waals surface area contributed by atoms with Crippen molar-refractivity contribution in [3.8, 4) is 0 Å². The maximum absolute atomic E-state index is 12.7. The lowest BCUT2D eigenvalue weighted by Gasteiger charge is -2.37. The SMILES string of the molecule is CC(C)(C)OC(=O)N1CCN(c2ccc(C(F)(F)F)cc2S)CC1. The summed E-state index contributed by atoms with van der Waals surface area (Å²) >= 11 is 4.18. The molecular formula is C16H21F3N2O2S. The van der Waals surface area contributed by atoms with Gasteiger partial charge in [-0.1, -0.05) is 0 Å². The van der Waals surface area contributed by atoms with Crippen molar-refractivity contribution in [1.29, 1.82) is 0 Å². The molecule has 8 heteroatoms. The number of rotatable bonds is 1. The van der Waals surface area contributed by atoms with E-state index in [-0.39, 0.29) is 11.0 Å². The molecule has 0 unspecified atom stereocenters. The minimum absolute atomic E-state index is 0.274. The maximum atomic E-state index is 12.7. The average molecular weight is 362 g/mol. The third kappa shape index (κ3) is 4.72. The van der Waals surface area contributed by atoms with E-state index < -0.39 is 17.3 Å². The van der Waals surface area contributed by atoms with E-state index in [9.17, 15) is 18.0 Å². The quantitative estimate of drug-likeness (QED) is 0.765. The van der Waals surface area contributed by atoms with Crippen LogP contribution in [-0.2, 0) is 10.9 Å². The van der Waals surface area contributed by atoms with Crippen LogP contribution in [0.5, 0.6) is 0 Å². The first-order chi connectivity index (χ1) is 11.0. The summed E-state index contributed by atoms with van der Waals surface area (Å²) in [5, 5.41) is 0. The molecule has 0 radical (unpaired) electrons. The van der Waals surface area contributed by atoms with Gasteiger partial charge in [0, 0.05) is 31.1 Å². The van der Waals surface area contributed by atoms with Crippen LogP contribution in [0, 0.1) is 0 Å². The fourth-order valence-corrected chi connectivity index (χ4v) is 2.78. The van der Waals surface area contributed by atoms with E-state index in [1.54, 1.807) is 25.7 Å². The fourth-order valence-electron chi connectivity index (χ4n) is 2.42. The summed E-state index contributed by atoms with van der Waals surface area (Å²) in [6, 6.07) is 3.50. The zero-order valence-corrected chi connectivity index (χ0v) is 14.7. The Morgan fingerprint density at radius 2 is 1.71 bits per heavy atom. The van der Waals surface area contributed by atoms with Crippen molar-refractivity contribution >= 4 is 24.4 Å². The maximum Gasteiger partial charge on any atom is 0.416 e. The first kappa shape index (κ1) is 18.8. The molecule has 1 aromatic carbocycles. The van der Waals surface area contributed by atoms with Gasteiger partial charge in [0.25, 0.3) is 0 Å². The van der Waals surface area contributed by atoms with Gasteiger partial charge in [0.1, 0.15) is 5.60 Å². The molecule has 4 nitrogen and oxygen atoms in total. The summed E-state index contributed by atoms with van der Waals surface area (Å²) in [4.78, 5) is 15.8. The van der Waals surface area contributed by atoms with Gasteiger partial charge >= 0.3 is 12.3 Å². The highest BCUT2D eigenvalue weighted by Crippen LogP contribution is 2.34. The lowest BCUT2D eigenvalue weighted by atomic mass is 10.1. The zero-order chi connectivity index (χ0) is 18.1. The Hall–Kier alpha value is -1.57. The number of amides is 1. The molecule has 0 atom stereocenters. The Labute approximate surface area is 145 Å². The van der Waals surface area contributed by atoms with E-state index in [0.29, 0.717) is 31.9 Å². The summed E-state index contributed by atoms with van der Waals surface area (Å²) in [7, 11) is 0. The summed E-state index contributed by atoms with van der Waals surface area (Å²) < 4.78 is 43.5. The van der Waals surface area contributed by atoms with Crippen molar-refractivity contribution in [3.05, 3.63) is 23.8 Å². The van der Waals surface area contributed by atoms with E-state index in [0.717, 1.165) is 12.1 Å². The molecule has 1 aromatic rings. The second-order valence-corrected chi connectivity index (χ2v) is 7.14. The van der Waals surface area contributed by atoms with Crippen molar-refractivity contribution in [1.82, 2.24) is 4.90 Å². The molecule has 0 aromatic heterocycles. The van der Waals surface area contributed by atoms with Crippen molar-refractivity contribution in [3.63, 3.8) is 0 Å². The van der Waals surface area contributed by atoms with Gasteiger partial charge in [-0.15, -0.1) is 12.6 Å². The van der Waals surface area contributed by atoms with Gasteiger partial charge in [0.2, 0.25) is 0 Å². The van der Waals surface area contributed by atoms with E-state index in [1.807, 2.05) is 4.90 Å². The Morgan fingerprint density at radius 3 is 2.17 bits per heavy atom. The number of piperazine rings is 1. The molecule has 1 saturated heterocycles. The van der Waals surface area contributed by atoms with Crippen LogP contribution in [0.2, 0.25) is 0 Å². The molecule has 0 bridgehead atoms. The Bertz CT molecular complexity index is 606. The van der Waals surface area contributed by atoms with Crippen LogP contribution in [0.1, 0.15) is 26.3 Å². The number of thiol groups is 1. The second kappa shape index (κ2) is 6.74. The number of anilines is 1. The molecule has 2 rings (SSSR count). The van der Waals surface area contributed by atoms with E-state index in [1.165, 1.54) is 6.07 Å². The van der Waals surface area contributed by atoms with Gasteiger partial charge in [-0.3, -0.25) is 0 Å². The van der Waals surface area contributed by atoms with Crippen LogP contribution in [0.3, 0.4) is 0 Å². The van der Waals surface area contributed by atoms with Crippen molar-refractivity contribution in [2.45, 2.75) is 37.4 Å². The molecule has 1 aliphatic heterocycles. The van der Waals surface area contributed by atoms with E-state index in [4.69, 9.17) is 4.74 Å². The minimum atomic E-state index is -4.38. The van der Waals surface area contributed by atoms with Crippen LogP contribution >= 0.6 is 12.6 Å². The number of nitrogens with zero attached hydrogens (tertiary/aromatic N) is 2. The summed E-state index contributed by atoms with van der Waals surface area (Å²) in [5.74, 6) is 0. The summed E-state index contributed by atoms with van der Waals surface area (Å²) in [5.41, 5.74) is -0.640. The number of hydrogen-bond donors (Lipinski definition) is 1. The number of halogens is 3. The van der Waals surface area contributed by atoms with E-state index >= 15 is 0 Å². The number of benzene rings is 1. The summed E-state index contributed by atoms with van der Waals surface area (Å²) in [6.07, 6.45) is -4.76. The van der Waals surface area contributed by atoms with Crippen molar-refractivity contribution < 1.29 is 22.7 Å². The Balaban J connectivity index is 2.01. The molecular weight excluding hydrogens is 341 g/mol. The monoisotopic (exact) mass is 362 g/mol. The second-order valence-electron chi connectivity index (χ2n) is 6.66. The number of carbonyl (C=O) groups excluding carboxylic acids is 1. The Morgan fingerprint density at radius 1 is 1.12 bits per heavy atom. The predicted molar refractivity (Wildman–Crippen MR) is 88.7 cm³/mol. The van der Waals surface area contributed by atoms with Crippen LogP contribution in [-0.4, -0.2) is 42.8 Å². The van der Waals surface area contributed by atoms with Crippen LogP contribution in [0.15, 0.2) is 23.1 Å². The topological polar surface area (TPSA) is 32.8 Å². The number of carbonyl (C=O) groups is 1. The van der Waals surface area contributed by atoms with Crippen molar-refractivity contribution in [2.75, 3.05) is 31.1 Å². The van der Waals surface area contributed by atoms with Gasteiger partial charge in [-0.2, -0.15) is 13.2 Å². The molecule has 0 N–H and O–H groups in total. The predicted octanol–water partition coefficient (Wildman–Crippen LogP) is 4.05. The molecule has 1 amide bonds. The van der Waals surface area contributed by atoms with Crippen LogP contribution in [0.25, 0.3) is 0 Å². The van der Waals surface area contributed by atoms with Gasteiger partial charge in [0.15, 0.2) is 0 Å². The van der Waals surface area contributed by atoms with Gasteiger partial charge < -0.3 is 14.5 Å². The standard InChI is InChI=1S/C16H21F3N2O2S/c1-15(2,3)23-14(22)21-8-6-20(7-9-21)12-5-4-11(10-13(12)24)16(17,18)19/h4-5,10,24H,6-9H2,1-3H3. The van der Waals surface area contributed by atoms with Crippen LogP contribution in [0.4, 0.5) is 23.7 Å². The smallest absolute Gasteiger partial charge is 0.416 e. The Kier molecular flexibility index (Phi) is 5.27. The highest BCUT2D eigenvalue weighted by atomic mass is 32.1. The first-order valence-corrected chi connectivity index (χ1v) is 8.05. The summed E-state index contributed by atoms with van der Waals surface area (Å²) in [6.45, 7) is 7.33. The average Bonchev–Trinajstić information content (AvgIpc) is 2.44. The number of ether oxygens (including phenoxy) is 1. The van der Waals surface area contributed by atoms with Gasteiger partial charge in [-0.25, -0.2) is 4.79 Å². The molecule has 0 spiro atoms. The van der Waals surface area contributed by atoms with E-state index in [2.05, 4.69) is 12.6 Å². The molecule has 24 heavy (non-hydrogen) atoms. The highest BCUT2D eigenvalue weighted by molar-refractivity contribution is 7.80. The minimum Gasteiger partial charge on any atom is -0.444 e. The number of alkyl halides is 3. The fraction of sp³-hybridized carbons (Fsp3) is 0.562. The molecule has 134 valence electrons. The van der Waals surface area contributed by atoms with Crippen molar-refractivity contribution in [2.24, 2.45) is 0 Å². The molecule has 1 aliphatic rings. The number of hydrogen-bond acceptors (Lipinski definition) is 4. The molecule has 0 saturated carbocycles. The molecule has 1 heterocycles.